The minimum atomic E-state index is 0.579. The van der Waals surface area contributed by atoms with E-state index in [9.17, 15) is 0 Å². The molecule has 0 radical (unpaired) electrons. The zero-order chi connectivity index (χ0) is 16.1. The van der Waals surface area contributed by atoms with E-state index in [0.717, 1.165) is 47.7 Å². The van der Waals surface area contributed by atoms with Crippen LogP contribution in [0, 0.1) is 0 Å². The number of nitrogens with one attached hydrogen (secondary N) is 2. The van der Waals surface area contributed by atoms with E-state index in [1.54, 1.807) is 0 Å². The van der Waals surface area contributed by atoms with E-state index >= 15 is 0 Å². The molecule has 0 saturated carbocycles. The topological polar surface area (TPSA) is 44.0 Å². The summed E-state index contributed by atoms with van der Waals surface area (Å²) in [5.41, 5.74) is 2.21. The highest BCUT2D eigenvalue weighted by molar-refractivity contribution is 9.10. The molecule has 1 fully saturated rings. The summed E-state index contributed by atoms with van der Waals surface area (Å²) >= 11 is 3.51. The molecule has 1 aromatic carbocycles. The van der Waals surface area contributed by atoms with Crippen LogP contribution in [0.25, 0.3) is 11.3 Å². The van der Waals surface area contributed by atoms with Crippen LogP contribution in [0.15, 0.2) is 47.6 Å². The Morgan fingerprint density at radius 3 is 2.96 bits per heavy atom. The van der Waals surface area contributed by atoms with Gasteiger partial charge in [-0.05, 0) is 38.1 Å². The fourth-order valence-electron chi connectivity index (χ4n) is 3.00. The van der Waals surface area contributed by atoms with Crippen LogP contribution in [0.2, 0.25) is 0 Å². The minimum absolute atomic E-state index is 0.579. The van der Waals surface area contributed by atoms with Crippen LogP contribution in [0.5, 0.6) is 0 Å². The number of likely N-dealkylation sites (tertiary alicyclic amines) is 1. The molecule has 0 amide bonds. The standard InChI is InChI=1S/C18H23BrN4/c1-2-8-23-9-6-16(7-10-23)20-13-18-21-12-17(22-18)14-4-3-5-15(19)11-14/h2-5,11-12,16,20H,1,6-10,13H2,(H,21,22). The molecule has 0 aliphatic carbocycles. The van der Waals surface area contributed by atoms with E-state index in [-0.39, 0.29) is 0 Å². The monoisotopic (exact) mass is 374 g/mol. The Bertz CT molecular complexity index is 644. The van der Waals surface area contributed by atoms with E-state index in [1.807, 2.05) is 24.4 Å². The van der Waals surface area contributed by atoms with Crippen LogP contribution in [-0.2, 0) is 6.54 Å². The summed E-state index contributed by atoms with van der Waals surface area (Å²) in [4.78, 5) is 10.3. The fraction of sp³-hybridized carbons (Fsp3) is 0.389. The van der Waals surface area contributed by atoms with Crippen molar-refractivity contribution in [2.45, 2.75) is 25.4 Å². The van der Waals surface area contributed by atoms with Gasteiger partial charge in [0.25, 0.3) is 0 Å². The van der Waals surface area contributed by atoms with Gasteiger partial charge in [0, 0.05) is 22.6 Å². The SMILES string of the molecule is C=CCN1CCC(NCc2ncc(-c3cccc(Br)c3)[nH]2)CC1. The first-order valence-electron chi connectivity index (χ1n) is 8.11. The lowest BCUT2D eigenvalue weighted by molar-refractivity contribution is 0.214. The quantitative estimate of drug-likeness (QED) is 0.759. The van der Waals surface area contributed by atoms with Gasteiger partial charge in [-0.2, -0.15) is 0 Å². The van der Waals surface area contributed by atoms with Gasteiger partial charge >= 0.3 is 0 Å². The molecular weight excluding hydrogens is 352 g/mol. The third-order valence-electron chi connectivity index (χ3n) is 4.30. The Labute approximate surface area is 146 Å². The number of H-pyrrole nitrogens is 1. The predicted octanol–water partition coefficient (Wildman–Crippen LogP) is 3.58. The van der Waals surface area contributed by atoms with E-state index in [1.165, 1.54) is 12.8 Å². The summed E-state index contributed by atoms with van der Waals surface area (Å²) in [7, 11) is 0. The van der Waals surface area contributed by atoms with Crippen molar-refractivity contribution in [2.24, 2.45) is 0 Å². The van der Waals surface area contributed by atoms with E-state index < -0.39 is 0 Å². The number of piperidine rings is 1. The second kappa shape index (κ2) is 7.90. The number of rotatable bonds is 6. The van der Waals surface area contributed by atoms with Crippen molar-refractivity contribution in [1.82, 2.24) is 20.2 Å². The molecule has 3 rings (SSSR count). The lowest BCUT2D eigenvalue weighted by Crippen LogP contribution is -2.42. The number of nitrogens with zero attached hydrogens (tertiary/aromatic N) is 2. The lowest BCUT2D eigenvalue weighted by Gasteiger charge is -2.31. The predicted molar refractivity (Wildman–Crippen MR) is 98.2 cm³/mol. The minimum Gasteiger partial charge on any atom is -0.341 e. The smallest absolute Gasteiger partial charge is 0.120 e. The molecule has 0 bridgehead atoms. The zero-order valence-corrected chi connectivity index (χ0v) is 14.8. The number of aromatic amines is 1. The number of hydrogen-bond donors (Lipinski definition) is 2. The van der Waals surface area contributed by atoms with Gasteiger partial charge in [0.15, 0.2) is 0 Å². The Kier molecular flexibility index (Phi) is 5.65. The third kappa shape index (κ3) is 4.53. The van der Waals surface area contributed by atoms with Crippen molar-refractivity contribution in [3.8, 4) is 11.3 Å². The van der Waals surface area contributed by atoms with Crippen LogP contribution in [0.4, 0.5) is 0 Å². The highest BCUT2D eigenvalue weighted by Gasteiger charge is 2.18. The van der Waals surface area contributed by atoms with E-state index in [2.05, 4.69) is 54.8 Å². The Hall–Kier alpha value is -1.43. The van der Waals surface area contributed by atoms with E-state index in [0.29, 0.717) is 6.04 Å². The highest BCUT2D eigenvalue weighted by atomic mass is 79.9. The van der Waals surface area contributed by atoms with Crippen LogP contribution in [0.1, 0.15) is 18.7 Å². The fourth-order valence-corrected chi connectivity index (χ4v) is 3.40. The van der Waals surface area contributed by atoms with Gasteiger partial charge in [-0.1, -0.05) is 34.1 Å². The molecule has 23 heavy (non-hydrogen) atoms. The summed E-state index contributed by atoms with van der Waals surface area (Å²) in [5.74, 6) is 0.994. The van der Waals surface area contributed by atoms with Crippen molar-refractivity contribution >= 4 is 15.9 Å². The van der Waals surface area contributed by atoms with E-state index in [4.69, 9.17) is 0 Å². The third-order valence-corrected chi connectivity index (χ3v) is 4.79. The van der Waals surface area contributed by atoms with Gasteiger partial charge in [0.1, 0.15) is 5.82 Å². The maximum Gasteiger partial charge on any atom is 0.120 e. The average Bonchev–Trinajstić information content (AvgIpc) is 3.04. The Balaban J connectivity index is 1.51. The van der Waals surface area contributed by atoms with Gasteiger partial charge in [0.2, 0.25) is 0 Å². The summed E-state index contributed by atoms with van der Waals surface area (Å²) in [6.45, 7) is 7.89. The molecule has 0 unspecified atom stereocenters. The number of imidazole rings is 1. The number of aromatic nitrogens is 2. The highest BCUT2D eigenvalue weighted by Crippen LogP contribution is 2.21. The summed E-state index contributed by atoms with van der Waals surface area (Å²) in [6.07, 6.45) is 6.27. The van der Waals surface area contributed by atoms with Gasteiger partial charge in [0.05, 0.1) is 18.4 Å². The number of hydrogen-bond acceptors (Lipinski definition) is 3. The first-order chi connectivity index (χ1) is 11.2. The molecule has 2 heterocycles. The second-order valence-electron chi connectivity index (χ2n) is 6.00. The van der Waals surface area contributed by atoms with Crippen molar-refractivity contribution in [1.29, 1.82) is 0 Å². The molecular formula is C18H23BrN4. The number of benzene rings is 1. The number of halogens is 1. The van der Waals surface area contributed by atoms with Gasteiger partial charge < -0.3 is 10.3 Å². The molecule has 0 atom stereocenters. The Morgan fingerprint density at radius 2 is 2.22 bits per heavy atom. The van der Waals surface area contributed by atoms with Crippen LogP contribution >= 0.6 is 15.9 Å². The normalized spacial score (nSPS) is 16.6. The summed E-state index contributed by atoms with van der Waals surface area (Å²) in [5, 5.41) is 3.62. The maximum absolute atomic E-state index is 4.49. The molecule has 1 aromatic heterocycles. The van der Waals surface area contributed by atoms with Gasteiger partial charge in [-0.15, -0.1) is 6.58 Å². The van der Waals surface area contributed by atoms with Gasteiger partial charge in [-0.25, -0.2) is 4.98 Å². The second-order valence-corrected chi connectivity index (χ2v) is 6.91. The van der Waals surface area contributed by atoms with Crippen molar-refractivity contribution < 1.29 is 0 Å². The lowest BCUT2D eigenvalue weighted by atomic mass is 10.1. The Morgan fingerprint density at radius 1 is 1.39 bits per heavy atom. The molecule has 4 nitrogen and oxygen atoms in total. The van der Waals surface area contributed by atoms with Crippen LogP contribution in [-0.4, -0.2) is 40.5 Å². The average molecular weight is 375 g/mol. The van der Waals surface area contributed by atoms with Crippen molar-refractivity contribution in [3.63, 3.8) is 0 Å². The molecule has 1 aliphatic heterocycles. The van der Waals surface area contributed by atoms with Crippen molar-refractivity contribution in [3.05, 3.63) is 53.4 Å². The van der Waals surface area contributed by atoms with Crippen molar-refractivity contribution in [2.75, 3.05) is 19.6 Å². The zero-order valence-electron chi connectivity index (χ0n) is 13.3. The summed E-state index contributed by atoms with van der Waals surface area (Å²) in [6, 6.07) is 8.83. The molecule has 122 valence electrons. The molecule has 5 heteroatoms. The van der Waals surface area contributed by atoms with Gasteiger partial charge in [-0.3, -0.25) is 4.90 Å². The molecule has 1 saturated heterocycles. The molecule has 2 N–H and O–H groups in total. The molecule has 0 spiro atoms. The van der Waals surface area contributed by atoms with Crippen LogP contribution in [0.3, 0.4) is 0 Å². The maximum atomic E-state index is 4.49. The molecule has 1 aliphatic rings. The summed E-state index contributed by atoms with van der Waals surface area (Å²) < 4.78 is 1.08. The van der Waals surface area contributed by atoms with Crippen LogP contribution < -0.4 is 5.32 Å². The largest absolute Gasteiger partial charge is 0.341 e. The first-order valence-corrected chi connectivity index (χ1v) is 8.90. The first kappa shape index (κ1) is 16.4. The molecule has 2 aromatic rings.